The van der Waals surface area contributed by atoms with E-state index in [-0.39, 0.29) is 11.8 Å². The summed E-state index contributed by atoms with van der Waals surface area (Å²) in [6, 6.07) is 6.78. The Morgan fingerprint density at radius 1 is 1.26 bits per heavy atom. The Balaban J connectivity index is 1.30. The molecule has 1 aliphatic heterocycles. The molecule has 1 amide bonds. The highest BCUT2D eigenvalue weighted by Crippen LogP contribution is 2.28. The van der Waals surface area contributed by atoms with Crippen molar-refractivity contribution in [3.05, 3.63) is 30.0 Å². The minimum absolute atomic E-state index is 0.155. The van der Waals surface area contributed by atoms with Crippen molar-refractivity contribution in [2.45, 2.75) is 51.0 Å². The van der Waals surface area contributed by atoms with Crippen LogP contribution in [0.1, 0.15) is 44.1 Å². The lowest BCUT2D eigenvalue weighted by molar-refractivity contribution is -0.127. The number of hydrogen-bond acceptors (Lipinski definition) is 3. The van der Waals surface area contributed by atoms with Gasteiger partial charge in [-0.3, -0.25) is 9.69 Å². The Morgan fingerprint density at radius 3 is 2.93 bits per heavy atom. The predicted octanol–water partition coefficient (Wildman–Crippen LogP) is 3.49. The highest BCUT2D eigenvalue weighted by Gasteiger charge is 2.30. The van der Waals surface area contributed by atoms with Gasteiger partial charge >= 0.3 is 0 Å². The van der Waals surface area contributed by atoms with Crippen LogP contribution in [0.5, 0.6) is 5.75 Å². The Kier molecular flexibility index (Phi) is 5.67. The summed E-state index contributed by atoms with van der Waals surface area (Å²) < 4.78 is 5.33. The molecule has 2 heterocycles. The van der Waals surface area contributed by atoms with E-state index >= 15 is 0 Å². The van der Waals surface area contributed by atoms with Crippen molar-refractivity contribution in [3.8, 4) is 5.75 Å². The van der Waals surface area contributed by atoms with Crippen molar-refractivity contribution in [1.29, 1.82) is 0 Å². The molecular formula is C22H31N3O2. The number of aromatic amines is 1. The van der Waals surface area contributed by atoms with E-state index in [4.69, 9.17) is 4.74 Å². The normalized spacial score (nSPS) is 21.6. The molecule has 1 aliphatic carbocycles. The van der Waals surface area contributed by atoms with E-state index in [0.717, 1.165) is 43.1 Å². The number of nitrogens with zero attached hydrogens (tertiary/aromatic N) is 1. The smallest absolute Gasteiger partial charge is 0.224 e. The largest absolute Gasteiger partial charge is 0.497 e. The topological polar surface area (TPSA) is 57.4 Å². The lowest BCUT2D eigenvalue weighted by Gasteiger charge is -2.36. The van der Waals surface area contributed by atoms with Crippen molar-refractivity contribution in [2.24, 2.45) is 5.92 Å². The average Bonchev–Trinajstić information content (AvgIpc) is 3.38. The Bertz CT molecular complexity index is 779. The van der Waals surface area contributed by atoms with Crippen molar-refractivity contribution in [2.75, 3.05) is 26.7 Å². The number of benzene rings is 1. The number of likely N-dealkylation sites (tertiary alicyclic amines) is 1. The van der Waals surface area contributed by atoms with Crippen LogP contribution < -0.4 is 10.1 Å². The number of H-pyrrole nitrogens is 1. The van der Waals surface area contributed by atoms with Crippen molar-refractivity contribution in [1.82, 2.24) is 15.2 Å². The number of rotatable bonds is 6. The average molecular weight is 370 g/mol. The first-order valence-electron chi connectivity index (χ1n) is 10.4. The molecule has 0 bridgehead atoms. The number of methoxy groups -OCH3 is 1. The van der Waals surface area contributed by atoms with Crippen molar-refractivity contribution >= 4 is 16.8 Å². The maximum Gasteiger partial charge on any atom is 0.224 e. The first-order valence-corrected chi connectivity index (χ1v) is 10.4. The molecule has 1 aromatic carbocycles. The molecule has 0 unspecified atom stereocenters. The van der Waals surface area contributed by atoms with Gasteiger partial charge in [-0.15, -0.1) is 0 Å². The van der Waals surface area contributed by atoms with Gasteiger partial charge in [-0.25, -0.2) is 0 Å². The summed E-state index contributed by atoms with van der Waals surface area (Å²) in [5, 5.41) is 4.36. The van der Waals surface area contributed by atoms with E-state index in [0.29, 0.717) is 6.54 Å². The van der Waals surface area contributed by atoms with Gasteiger partial charge in [0.05, 0.1) is 13.0 Å². The summed E-state index contributed by atoms with van der Waals surface area (Å²) in [7, 11) is 1.69. The van der Waals surface area contributed by atoms with Gasteiger partial charge in [0, 0.05) is 36.2 Å². The van der Waals surface area contributed by atoms with Crippen molar-refractivity contribution in [3.63, 3.8) is 0 Å². The van der Waals surface area contributed by atoms with E-state index in [1.54, 1.807) is 7.11 Å². The number of piperidine rings is 1. The van der Waals surface area contributed by atoms with E-state index in [9.17, 15) is 4.79 Å². The molecule has 0 spiro atoms. The van der Waals surface area contributed by atoms with Gasteiger partial charge in [0.25, 0.3) is 0 Å². The maximum absolute atomic E-state index is 12.7. The highest BCUT2D eigenvalue weighted by atomic mass is 16.5. The van der Waals surface area contributed by atoms with Gasteiger partial charge in [-0.05, 0) is 62.4 Å². The first-order chi connectivity index (χ1) is 13.2. The van der Waals surface area contributed by atoms with Crippen LogP contribution in [0.25, 0.3) is 10.9 Å². The molecule has 5 heteroatoms. The Labute approximate surface area is 161 Å². The number of amides is 1. The van der Waals surface area contributed by atoms with Crippen LogP contribution in [0, 0.1) is 5.92 Å². The molecule has 1 saturated heterocycles. The molecule has 146 valence electrons. The van der Waals surface area contributed by atoms with Crippen LogP contribution in [0.3, 0.4) is 0 Å². The fourth-order valence-corrected chi connectivity index (χ4v) is 4.78. The third-order valence-electron chi connectivity index (χ3n) is 6.33. The number of aromatic nitrogens is 1. The number of carbonyl (C=O) groups is 1. The number of carbonyl (C=O) groups excluding carboxylic acids is 1. The van der Waals surface area contributed by atoms with Gasteiger partial charge in [-0.1, -0.05) is 12.8 Å². The molecular weight excluding hydrogens is 338 g/mol. The summed E-state index contributed by atoms with van der Waals surface area (Å²) in [4.78, 5) is 18.6. The Morgan fingerprint density at radius 2 is 2.11 bits per heavy atom. The molecule has 1 aromatic heterocycles. The standard InChI is InChI=1S/C22H31N3O2/c1-27-19-8-9-21-20(13-19)16(14-24-21)10-11-23-22(26)17-5-4-12-25(15-17)18-6-2-3-7-18/h8-9,13-14,17-18,24H,2-7,10-12,15H2,1H3,(H,23,26)/t17-/m1/s1. The van der Waals surface area contributed by atoms with Crippen LogP contribution in [0.4, 0.5) is 0 Å². The molecule has 2 fully saturated rings. The summed E-state index contributed by atoms with van der Waals surface area (Å²) >= 11 is 0. The third kappa shape index (κ3) is 4.13. The Hall–Kier alpha value is -2.01. The zero-order valence-electron chi connectivity index (χ0n) is 16.3. The van der Waals surface area contributed by atoms with Gasteiger partial charge in [0.1, 0.15) is 5.75 Å². The van der Waals surface area contributed by atoms with E-state index < -0.39 is 0 Å². The van der Waals surface area contributed by atoms with Crippen LogP contribution in [-0.4, -0.2) is 48.6 Å². The number of fused-ring (bicyclic) bond motifs is 1. The second-order valence-electron chi connectivity index (χ2n) is 8.04. The van der Waals surface area contributed by atoms with Crippen molar-refractivity contribution < 1.29 is 9.53 Å². The number of ether oxygens (including phenoxy) is 1. The molecule has 5 nitrogen and oxygen atoms in total. The lowest BCUT2D eigenvalue weighted by Crippen LogP contribution is -2.46. The van der Waals surface area contributed by atoms with Crippen LogP contribution in [0.2, 0.25) is 0 Å². The maximum atomic E-state index is 12.7. The molecule has 2 aliphatic rings. The highest BCUT2D eigenvalue weighted by molar-refractivity contribution is 5.85. The molecule has 0 radical (unpaired) electrons. The van der Waals surface area contributed by atoms with Crippen LogP contribution >= 0.6 is 0 Å². The first kappa shape index (κ1) is 18.4. The van der Waals surface area contributed by atoms with Crippen LogP contribution in [0.15, 0.2) is 24.4 Å². The SMILES string of the molecule is COc1ccc2[nH]cc(CCNC(=O)[C@@H]3CCCN(C4CCCC4)C3)c2c1. The summed E-state index contributed by atoms with van der Waals surface area (Å²) in [5.74, 6) is 1.25. The van der Waals surface area contributed by atoms with Gasteiger partial charge < -0.3 is 15.0 Å². The minimum atomic E-state index is 0.155. The molecule has 1 saturated carbocycles. The number of nitrogens with one attached hydrogen (secondary N) is 2. The molecule has 1 atom stereocenters. The molecule has 27 heavy (non-hydrogen) atoms. The predicted molar refractivity (Wildman–Crippen MR) is 108 cm³/mol. The molecule has 2 aromatic rings. The zero-order valence-corrected chi connectivity index (χ0v) is 16.3. The summed E-state index contributed by atoms with van der Waals surface area (Å²) in [6.45, 7) is 2.80. The third-order valence-corrected chi connectivity index (χ3v) is 6.33. The van der Waals surface area contributed by atoms with E-state index in [1.165, 1.54) is 43.2 Å². The lowest BCUT2D eigenvalue weighted by atomic mass is 9.95. The van der Waals surface area contributed by atoms with Gasteiger partial charge in [0.2, 0.25) is 5.91 Å². The van der Waals surface area contributed by atoms with E-state index in [2.05, 4.69) is 21.3 Å². The fourth-order valence-electron chi connectivity index (χ4n) is 4.78. The monoisotopic (exact) mass is 369 g/mol. The second kappa shape index (κ2) is 8.34. The van der Waals surface area contributed by atoms with Gasteiger partial charge in [0.15, 0.2) is 0 Å². The van der Waals surface area contributed by atoms with E-state index in [1.807, 2.05) is 18.3 Å². The molecule has 4 rings (SSSR count). The second-order valence-corrected chi connectivity index (χ2v) is 8.04. The fraction of sp³-hybridized carbons (Fsp3) is 0.591. The van der Waals surface area contributed by atoms with Crippen LogP contribution in [-0.2, 0) is 11.2 Å². The molecule has 2 N–H and O–H groups in total. The number of hydrogen-bond donors (Lipinski definition) is 2. The summed E-state index contributed by atoms with van der Waals surface area (Å²) in [6.07, 6.45) is 10.4. The minimum Gasteiger partial charge on any atom is -0.497 e. The summed E-state index contributed by atoms with van der Waals surface area (Å²) in [5.41, 5.74) is 2.33. The zero-order chi connectivity index (χ0) is 18.6. The quantitative estimate of drug-likeness (QED) is 0.819. The van der Waals surface area contributed by atoms with Gasteiger partial charge in [-0.2, -0.15) is 0 Å².